The number of pyridine rings is 1. The Morgan fingerprint density at radius 2 is 1.69 bits per heavy atom. The fraction of sp³-hybridized carbons (Fsp3) is 0.280. The Bertz CT molecular complexity index is 1480. The Morgan fingerprint density at radius 3 is 2.33 bits per heavy atom. The van der Waals surface area contributed by atoms with Crippen molar-refractivity contribution < 1.29 is 21.6 Å². The number of hydrogen-bond donors (Lipinski definition) is 2. The topological polar surface area (TPSA) is 91.0 Å². The number of aryl methyl sites for hydroxylation is 1. The van der Waals surface area contributed by atoms with Crippen LogP contribution in [0.5, 0.6) is 0 Å². The minimum absolute atomic E-state index is 0.0333. The second-order valence-corrected chi connectivity index (χ2v) is 10.8. The summed E-state index contributed by atoms with van der Waals surface area (Å²) in [6.45, 7) is 2.73. The monoisotopic (exact) mass is 515 g/mol. The van der Waals surface area contributed by atoms with Crippen LogP contribution in [0.4, 0.5) is 19.0 Å². The molecule has 0 spiro atoms. The number of hydrogen-bond acceptors (Lipinski definition) is 5. The summed E-state index contributed by atoms with van der Waals surface area (Å²) in [6.07, 6.45) is -1.46. The maximum atomic E-state index is 13.2. The highest BCUT2D eigenvalue weighted by molar-refractivity contribution is 7.89. The van der Waals surface area contributed by atoms with Crippen LogP contribution in [-0.4, -0.2) is 47.0 Å². The summed E-state index contributed by atoms with van der Waals surface area (Å²) in [7, 11) is -3.69. The van der Waals surface area contributed by atoms with E-state index in [2.05, 4.69) is 15.4 Å². The van der Waals surface area contributed by atoms with Crippen molar-refractivity contribution in [2.45, 2.75) is 36.9 Å². The Morgan fingerprint density at radius 1 is 1.00 bits per heavy atom. The van der Waals surface area contributed by atoms with Gasteiger partial charge >= 0.3 is 6.18 Å². The summed E-state index contributed by atoms with van der Waals surface area (Å²) in [4.78, 5) is 4.50. The molecule has 1 aliphatic rings. The van der Waals surface area contributed by atoms with E-state index in [-0.39, 0.29) is 21.8 Å². The molecule has 11 heteroatoms. The minimum Gasteiger partial charge on any atom is -0.367 e. The molecule has 0 aliphatic carbocycles. The molecule has 7 nitrogen and oxygen atoms in total. The van der Waals surface area contributed by atoms with Crippen LogP contribution in [0, 0.1) is 6.92 Å². The number of halogens is 3. The average Bonchev–Trinajstić information content (AvgIpc) is 3.30. The first kappa shape index (κ1) is 24.3. The molecule has 0 unspecified atom stereocenters. The summed E-state index contributed by atoms with van der Waals surface area (Å²) in [5.74, 6) is 0.772. The van der Waals surface area contributed by atoms with Gasteiger partial charge in [-0.15, -0.1) is 0 Å². The Labute approximate surface area is 206 Å². The van der Waals surface area contributed by atoms with Crippen molar-refractivity contribution in [3.8, 4) is 11.1 Å². The molecule has 1 fully saturated rings. The van der Waals surface area contributed by atoms with Gasteiger partial charge in [0.2, 0.25) is 10.0 Å². The fourth-order valence-electron chi connectivity index (χ4n) is 4.38. The number of nitrogens with zero attached hydrogens (tertiary/aromatic N) is 3. The molecule has 0 amide bonds. The van der Waals surface area contributed by atoms with Gasteiger partial charge in [-0.25, -0.2) is 13.4 Å². The van der Waals surface area contributed by atoms with Gasteiger partial charge in [0, 0.05) is 30.7 Å². The molecule has 4 aromatic rings. The maximum absolute atomic E-state index is 13.2. The third-order valence-electron chi connectivity index (χ3n) is 6.38. The van der Waals surface area contributed by atoms with Gasteiger partial charge in [0.05, 0.1) is 10.4 Å². The third kappa shape index (κ3) is 4.80. The molecule has 5 rings (SSSR count). The summed E-state index contributed by atoms with van der Waals surface area (Å²) < 4.78 is 67.6. The smallest absolute Gasteiger partial charge is 0.367 e. The van der Waals surface area contributed by atoms with E-state index in [4.69, 9.17) is 0 Å². The standard InChI is InChI=1S/C25H24F3N5O2S/c1-16-2-9-23(29-15-16)30-19-10-12-33(13-11-19)36(34,35)20-6-3-17(4-7-20)18-5-8-22-21(14-18)24(32-31-22)25(26,27)28/h2-9,14-15,19H,10-13H2,1H3,(H,29,30)(H,31,32). The van der Waals surface area contributed by atoms with Crippen molar-refractivity contribution >= 4 is 26.7 Å². The van der Waals surface area contributed by atoms with Gasteiger partial charge in [0.1, 0.15) is 11.5 Å². The van der Waals surface area contributed by atoms with Crippen molar-refractivity contribution in [3.05, 3.63) is 72.1 Å². The quantitative estimate of drug-likeness (QED) is 0.381. The molecule has 2 aromatic heterocycles. The van der Waals surface area contributed by atoms with Gasteiger partial charge in [0.15, 0.2) is 0 Å². The Balaban J connectivity index is 1.29. The number of anilines is 1. The van der Waals surface area contributed by atoms with Crippen LogP contribution in [0.25, 0.3) is 22.0 Å². The van der Waals surface area contributed by atoms with E-state index in [1.165, 1.54) is 28.6 Å². The van der Waals surface area contributed by atoms with Gasteiger partial charge in [-0.1, -0.05) is 24.3 Å². The number of benzene rings is 2. The number of sulfonamides is 1. The van der Waals surface area contributed by atoms with Crippen molar-refractivity contribution in [2.75, 3.05) is 18.4 Å². The third-order valence-corrected chi connectivity index (χ3v) is 8.29. The molecule has 2 aromatic carbocycles. The zero-order valence-corrected chi connectivity index (χ0v) is 20.2. The van der Waals surface area contributed by atoms with Crippen molar-refractivity contribution in [1.82, 2.24) is 19.5 Å². The predicted molar refractivity (Wildman–Crippen MR) is 131 cm³/mol. The van der Waals surface area contributed by atoms with Gasteiger partial charge < -0.3 is 5.32 Å². The Kier molecular flexibility index (Phi) is 6.21. The van der Waals surface area contributed by atoms with E-state index in [1.807, 2.05) is 24.2 Å². The van der Waals surface area contributed by atoms with Gasteiger partial charge in [-0.05, 0) is 66.8 Å². The molecular weight excluding hydrogens is 491 g/mol. The summed E-state index contributed by atoms with van der Waals surface area (Å²) in [5.41, 5.74) is 1.52. The van der Waals surface area contributed by atoms with E-state index in [1.54, 1.807) is 24.4 Å². The number of nitrogens with one attached hydrogen (secondary N) is 2. The molecule has 1 saturated heterocycles. The molecule has 1 aliphatic heterocycles. The molecule has 0 radical (unpaired) electrons. The number of rotatable bonds is 5. The molecular formula is C25H24F3N5O2S. The second kappa shape index (κ2) is 9.21. The SMILES string of the molecule is Cc1ccc(NC2CCN(S(=O)(=O)c3ccc(-c4ccc5n[nH]c(C(F)(F)F)c5c4)cc3)CC2)nc1. The van der Waals surface area contributed by atoms with E-state index in [0.29, 0.717) is 37.1 Å². The lowest BCUT2D eigenvalue weighted by Gasteiger charge is -2.32. The molecule has 2 N–H and O–H groups in total. The molecule has 0 atom stereocenters. The molecule has 3 heterocycles. The highest BCUT2D eigenvalue weighted by Gasteiger charge is 2.35. The first-order valence-corrected chi connectivity index (χ1v) is 12.9. The normalized spacial score (nSPS) is 15.9. The summed E-state index contributed by atoms with van der Waals surface area (Å²) >= 11 is 0. The number of aromatic amines is 1. The first-order chi connectivity index (χ1) is 17.1. The van der Waals surface area contributed by atoms with Crippen LogP contribution in [-0.2, 0) is 16.2 Å². The van der Waals surface area contributed by atoms with Crippen molar-refractivity contribution in [3.63, 3.8) is 0 Å². The molecule has 0 saturated carbocycles. The highest BCUT2D eigenvalue weighted by atomic mass is 32.2. The van der Waals surface area contributed by atoms with E-state index < -0.39 is 21.9 Å². The number of aromatic nitrogens is 3. The predicted octanol–water partition coefficient (Wildman–Crippen LogP) is 5.22. The lowest BCUT2D eigenvalue weighted by Crippen LogP contribution is -2.42. The number of piperidine rings is 1. The summed E-state index contributed by atoms with van der Waals surface area (Å²) in [5, 5.41) is 9.09. The lowest BCUT2D eigenvalue weighted by molar-refractivity contribution is -0.139. The van der Waals surface area contributed by atoms with E-state index >= 15 is 0 Å². The zero-order chi connectivity index (χ0) is 25.5. The second-order valence-electron chi connectivity index (χ2n) is 8.90. The van der Waals surface area contributed by atoms with Crippen LogP contribution in [0.3, 0.4) is 0 Å². The van der Waals surface area contributed by atoms with Crippen LogP contribution in [0.2, 0.25) is 0 Å². The van der Waals surface area contributed by atoms with Crippen molar-refractivity contribution in [1.29, 1.82) is 0 Å². The average molecular weight is 516 g/mol. The molecule has 188 valence electrons. The van der Waals surface area contributed by atoms with Gasteiger partial charge in [0.25, 0.3) is 0 Å². The zero-order valence-electron chi connectivity index (χ0n) is 19.4. The number of H-pyrrole nitrogens is 1. The molecule has 0 bridgehead atoms. The highest BCUT2D eigenvalue weighted by Crippen LogP contribution is 2.35. The van der Waals surface area contributed by atoms with Crippen LogP contribution < -0.4 is 5.32 Å². The van der Waals surface area contributed by atoms with Crippen LogP contribution in [0.15, 0.2) is 65.7 Å². The van der Waals surface area contributed by atoms with Crippen LogP contribution >= 0.6 is 0 Å². The number of fused-ring (bicyclic) bond motifs is 1. The van der Waals surface area contributed by atoms with Gasteiger partial charge in [-0.3, -0.25) is 5.10 Å². The van der Waals surface area contributed by atoms with Gasteiger partial charge in [-0.2, -0.15) is 22.6 Å². The van der Waals surface area contributed by atoms with E-state index in [0.717, 1.165) is 11.4 Å². The largest absolute Gasteiger partial charge is 0.433 e. The Hall–Kier alpha value is -3.44. The summed E-state index contributed by atoms with van der Waals surface area (Å²) in [6, 6.07) is 14.8. The molecule has 36 heavy (non-hydrogen) atoms. The number of alkyl halides is 3. The first-order valence-electron chi connectivity index (χ1n) is 11.5. The fourth-order valence-corrected chi connectivity index (χ4v) is 5.85. The maximum Gasteiger partial charge on any atom is 0.433 e. The minimum atomic E-state index is -4.55. The van der Waals surface area contributed by atoms with E-state index in [9.17, 15) is 21.6 Å². The van der Waals surface area contributed by atoms with Crippen LogP contribution in [0.1, 0.15) is 24.1 Å². The lowest BCUT2D eigenvalue weighted by atomic mass is 10.0. The van der Waals surface area contributed by atoms with Crippen molar-refractivity contribution in [2.24, 2.45) is 0 Å².